The van der Waals surface area contributed by atoms with E-state index in [1.807, 2.05) is 0 Å². The third-order valence-electron chi connectivity index (χ3n) is 0.399. The summed E-state index contributed by atoms with van der Waals surface area (Å²) in [6, 6.07) is 0. The average molecular weight is 103 g/mol. The van der Waals surface area contributed by atoms with Crippen molar-refractivity contribution in [1.29, 1.82) is 0 Å². The molecule has 0 saturated heterocycles. The molecule has 0 aromatic carbocycles. The summed E-state index contributed by atoms with van der Waals surface area (Å²) in [6.45, 7) is 0.669. The normalized spacial score (nSPS) is 10.7. The Bertz CT molecular complexity index is 46.1. The lowest BCUT2D eigenvalue weighted by atomic mass is 10.7. The van der Waals surface area contributed by atoms with Crippen LogP contribution < -0.4 is 5.73 Å². The van der Waals surface area contributed by atoms with Crippen LogP contribution in [0.1, 0.15) is 0 Å². The van der Waals surface area contributed by atoms with Crippen molar-refractivity contribution >= 4 is 10.5 Å². The lowest BCUT2D eigenvalue weighted by Crippen LogP contribution is -1.85. The largest absolute Gasteiger partial charge is 0.424 e. The highest BCUT2D eigenvalue weighted by Gasteiger charge is 1.62. The van der Waals surface area contributed by atoms with Crippen molar-refractivity contribution in [3.63, 3.8) is 0 Å². The first kappa shape index (κ1) is 5.72. The molecule has 0 bridgehead atoms. The van der Waals surface area contributed by atoms with E-state index in [0.29, 0.717) is 6.61 Å². The van der Waals surface area contributed by atoms with Gasteiger partial charge < -0.3 is 10.2 Å². The van der Waals surface area contributed by atoms with Crippen LogP contribution in [0.2, 0.25) is 0 Å². The molecule has 6 heavy (non-hydrogen) atoms. The second kappa shape index (κ2) is 4.72. The Morgan fingerprint density at radius 1 is 1.83 bits per heavy atom. The van der Waals surface area contributed by atoms with Crippen LogP contribution in [0.5, 0.6) is 0 Å². The van der Waals surface area contributed by atoms with Crippen molar-refractivity contribution < 1.29 is 4.43 Å². The summed E-state index contributed by atoms with van der Waals surface area (Å²) in [6.07, 6.45) is 3.25. The van der Waals surface area contributed by atoms with Crippen LogP contribution in [0, 0.1) is 0 Å². The van der Waals surface area contributed by atoms with Crippen LogP contribution in [0.3, 0.4) is 0 Å². The van der Waals surface area contributed by atoms with Crippen LogP contribution in [0.25, 0.3) is 0 Å². The van der Waals surface area contributed by atoms with Crippen molar-refractivity contribution in [1.82, 2.24) is 0 Å². The Labute approximate surface area is 40.5 Å². The molecule has 0 aliphatic rings. The molecule has 0 heterocycles. The smallest absolute Gasteiger partial charge is 0.146 e. The van der Waals surface area contributed by atoms with Gasteiger partial charge >= 0.3 is 0 Å². The highest BCUT2D eigenvalue weighted by molar-refractivity contribution is 5.98. The minimum atomic E-state index is 0.669. The minimum absolute atomic E-state index is 0.669. The van der Waals surface area contributed by atoms with E-state index in [4.69, 9.17) is 10.2 Å². The van der Waals surface area contributed by atoms with Crippen molar-refractivity contribution in [3.8, 4) is 0 Å². The van der Waals surface area contributed by atoms with Crippen LogP contribution in [-0.2, 0) is 4.43 Å². The summed E-state index contributed by atoms with van der Waals surface area (Å²) < 4.78 is 4.75. The Kier molecular flexibility index (Phi) is 4.49. The van der Waals surface area contributed by atoms with Gasteiger partial charge in [-0.15, -0.1) is 0 Å². The molecule has 0 saturated carbocycles. The first-order valence-electron chi connectivity index (χ1n) is 1.77. The molecule has 0 aliphatic heterocycles. The van der Waals surface area contributed by atoms with Gasteiger partial charge in [-0.3, -0.25) is 0 Å². The van der Waals surface area contributed by atoms with Crippen LogP contribution in [0.15, 0.2) is 12.3 Å². The van der Waals surface area contributed by atoms with Gasteiger partial charge in [0, 0.05) is 0 Å². The van der Waals surface area contributed by atoms with E-state index in [0.717, 1.165) is 10.5 Å². The fraction of sp³-hybridized carbons (Fsp3) is 0.333. The molecule has 0 aliphatic carbocycles. The molecule has 0 atom stereocenters. The number of nitrogens with two attached hydrogens (primary N) is 1. The van der Waals surface area contributed by atoms with E-state index in [1.54, 1.807) is 6.08 Å². The van der Waals surface area contributed by atoms with Gasteiger partial charge in [-0.2, -0.15) is 0 Å². The molecule has 0 aromatic rings. The molecule has 2 N–H and O–H groups in total. The molecular weight excluding hydrogens is 94.1 g/mol. The van der Waals surface area contributed by atoms with Gasteiger partial charge in [-0.25, -0.2) is 0 Å². The summed E-state index contributed by atoms with van der Waals surface area (Å²) in [7, 11) is 0.796. The Balaban J connectivity index is 2.66. The molecule has 36 valence electrons. The van der Waals surface area contributed by atoms with Gasteiger partial charge in [0.15, 0.2) is 0 Å². The fourth-order valence-corrected chi connectivity index (χ4v) is 0.344. The zero-order valence-corrected chi connectivity index (χ0v) is 5.85. The van der Waals surface area contributed by atoms with E-state index >= 15 is 0 Å². The highest BCUT2D eigenvalue weighted by atomic mass is 28.2. The second-order valence-corrected chi connectivity index (χ2v) is 1.46. The third kappa shape index (κ3) is 3.72. The van der Waals surface area contributed by atoms with E-state index in [1.165, 1.54) is 6.20 Å². The monoisotopic (exact) mass is 103 g/mol. The average Bonchev–Trinajstić information content (AvgIpc) is 1.61. The van der Waals surface area contributed by atoms with Gasteiger partial charge in [-0.05, 0) is 12.3 Å². The molecular formula is C3H9NOSi. The summed E-state index contributed by atoms with van der Waals surface area (Å²) in [5.74, 6) is 0. The number of hydrogen-bond donors (Lipinski definition) is 1. The number of rotatable bonds is 2. The molecule has 3 heteroatoms. The molecule has 0 radical (unpaired) electrons. The lowest BCUT2D eigenvalue weighted by molar-refractivity contribution is 0.401. The van der Waals surface area contributed by atoms with Crippen molar-refractivity contribution in [3.05, 3.63) is 12.3 Å². The SMILES string of the molecule is NC=CCO[SiH3]. The minimum Gasteiger partial charge on any atom is -0.424 e. The summed E-state index contributed by atoms with van der Waals surface area (Å²) in [4.78, 5) is 0. The first-order valence-corrected chi connectivity index (χ1v) is 2.59. The lowest BCUT2D eigenvalue weighted by Gasteiger charge is -1.82. The van der Waals surface area contributed by atoms with Gasteiger partial charge in [0.25, 0.3) is 0 Å². The van der Waals surface area contributed by atoms with E-state index < -0.39 is 0 Å². The molecule has 0 rings (SSSR count). The summed E-state index contributed by atoms with van der Waals surface area (Å²) in [5, 5.41) is 0. The van der Waals surface area contributed by atoms with Crippen LogP contribution >= 0.6 is 0 Å². The Hall–Kier alpha value is -0.283. The van der Waals surface area contributed by atoms with E-state index in [-0.39, 0.29) is 0 Å². The maximum atomic E-state index is 4.97. The summed E-state index contributed by atoms with van der Waals surface area (Å²) in [5.41, 5.74) is 4.97. The zero-order chi connectivity index (χ0) is 4.83. The molecule has 0 aromatic heterocycles. The van der Waals surface area contributed by atoms with E-state index in [9.17, 15) is 0 Å². The molecule has 0 spiro atoms. The Morgan fingerprint density at radius 3 is 2.67 bits per heavy atom. The van der Waals surface area contributed by atoms with Crippen LogP contribution in [0.4, 0.5) is 0 Å². The second-order valence-electron chi connectivity index (χ2n) is 0.883. The summed E-state index contributed by atoms with van der Waals surface area (Å²) >= 11 is 0. The predicted octanol–water partition coefficient (Wildman–Crippen LogP) is -1.24. The fourth-order valence-electron chi connectivity index (χ4n) is 0.152. The van der Waals surface area contributed by atoms with Crippen LogP contribution in [-0.4, -0.2) is 17.1 Å². The Morgan fingerprint density at radius 2 is 2.50 bits per heavy atom. The quantitative estimate of drug-likeness (QED) is 0.443. The third-order valence-corrected chi connectivity index (χ3v) is 0.732. The predicted molar refractivity (Wildman–Crippen MR) is 29.2 cm³/mol. The maximum Gasteiger partial charge on any atom is 0.146 e. The molecule has 0 amide bonds. The standard InChI is InChI=1S/C3H9NOSi/c4-2-1-3-5-6/h1-2H,3-4H2,6H3. The van der Waals surface area contributed by atoms with Gasteiger partial charge in [-0.1, -0.05) is 0 Å². The topological polar surface area (TPSA) is 35.2 Å². The highest BCUT2D eigenvalue weighted by Crippen LogP contribution is 1.63. The zero-order valence-electron chi connectivity index (χ0n) is 3.85. The van der Waals surface area contributed by atoms with Gasteiger partial charge in [0.2, 0.25) is 0 Å². The number of hydrogen-bond acceptors (Lipinski definition) is 2. The van der Waals surface area contributed by atoms with Gasteiger partial charge in [0.1, 0.15) is 10.5 Å². The van der Waals surface area contributed by atoms with Crippen molar-refractivity contribution in [2.75, 3.05) is 6.61 Å². The van der Waals surface area contributed by atoms with Crippen molar-refractivity contribution in [2.24, 2.45) is 5.73 Å². The first-order chi connectivity index (χ1) is 2.91. The maximum absolute atomic E-state index is 4.97. The molecule has 0 unspecified atom stereocenters. The van der Waals surface area contributed by atoms with E-state index in [2.05, 4.69) is 0 Å². The molecule has 0 fully saturated rings. The van der Waals surface area contributed by atoms with Crippen molar-refractivity contribution in [2.45, 2.75) is 0 Å². The molecule has 2 nitrogen and oxygen atoms in total. The van der Waals surface area contributed by atoms with Gasteiger partial charge in [0.05, 0.1) is 6.61 Å².